The fraction of sp³-hybridized carbons (Fsp3) is 0.500. The average Bonchev–Trinajstić information content (AvgIpc) is 2.33. The second-order valence-corrected chi connectivity index (χ2v) is 3.89. The van der Waals surface area contributed by atoms with Crippen LogP contribution in [0.2, 0.25) is 0 Å². The van der Waals surface area contributed by atoms with Crippen molar-refractivity contribution in [3.8, 4) is 5.75 Å². The summed E-state index contributed by atoms with van der Waals surface area (Å²) in [6, 6.07) is 6.15. The molecule has 1 aromatic rings. The molecule has 1 saturated heterocycles. The summed E-state index contributed by atoms with van der Waals surface area (Å²) >= 11 is 0. The smallest absolute Gasteiger partial charge is 0.123 e. The molecule has 1 heterocycles. The van der Waals surface area contributed by atoms with Gasteiger partial charge in [-0.15, -0.1) is 0 Å². The third-order valence-corrected chi connectivity index (χ3v) is 2.70. The van der Waals surface area contributed by atoms with Crippen molar-refractivity contribution in [1.82, 2.24) is 10.2 Å². The van der Waals surface area contributed by atoms with Gasteiger partial charge < -0.3 is 10.1 Å². The fourth-order valence-electron chi connectivity index (χ4n) is 1.76. The number of hydrogen-bond acceptors (Lipinski definition) is 3. The highest BCUT2D eigenvalue weighted by Gasteiger charge is 2.08. The lowest BCUT2D eigenvalue weighted by atomic mass is 10.3. The molecule has 0 aromatic heterocycles. The molecule has 2 rings (SSSR count). The zero-order chi connectivity index (χ0) is 11.2. The maximum Gasteiger partial charge on any atom is 0.123 e. The van der Waals surface area contributed by atoms with Crippen LogP contribution in [-0.2, 0) is 0 Å². The number of rotatable bonds is 4. The Morgan fingerprint density at radius 3 is 2.56 bits per heavy atom. The maximum absolute atomic E-state index is 12.6. The van der Waals surface area contributed by atoms with E-state index < -0.39 is 0 Å². The van der Waals surface area contributed by atoms with Crippen LogP contribution in [0.3, 0.4) is 0 Å². The molecule has 1 aromatic carbocycles. The third kappa shape index (κ3) is 3.47. The molecule has 0 aliphatic carbocycles. The van der Waals surface area contributed by atoms with Crippen LogP contribution in [0, 0.1) is 5.82 Å². The average molecular weight is 224 g/mol. The van der Waals surface area contributed by atoms with Crippen molar-refractivity contribution in [1.29, 1.82) is 0 Å². The molecular formula is C12H17FN2O. The summed E-state index contributed by atoms with van der Waals surface area (Å²) in [4.78, 5) is 2.36. The summed E-state index contributed by atoms with van der Waals surface area (Å²) < 4.78 is 18.2. The summed E-state index contributed by atoms with van der Waals surface area (Å²) in [7, 11) is 0. The van der Waals surface area contributed by atoms with Crippen molar-refractivity contribution < 1.29 is 9.13 Å². The van der Waals surface area contributed by atoms with Crippen LogP contribution in [0.25, 0.3) is 0 Å². The summed E-state index contributed by atoms with van der Waals surface area (Å²) in [5.41, 5.74) is 0. The Labute approximate surface area is 95.2 Å². The van der Waals surface area contributed by atoms with Gasteiger partial charge in [-0.05, 0) is 24.3 Å². The van der Waals surface area contributed by atoms with E-state index in [1.807, 2.05) is 0 Å². The van der Waals surface area contributed by atoms with Crippen LogP contribution in [0.15, 0.2) is 24.3 Å². The molecule has 0 saturated carbocycles. The molecule has 0 bridgehead atoms. The van der Waals surface area contributed by atoms with Gasteiger partial charge >= 0.3 is 0 Å². The van der Waals surface area contributed by atoms with Gasteiger partial charge in [0.2, 0.25) is 0 Å². The van der Waals surface area contributed by atoms with Gasteiger partial charge in [-0.25, -0.2) is 4.39 Å². The minimum atomic E-state index is -0.227. The predicted molar refractivity (Wildman–Crippen MR) is 61.2 cm³/mol. The van der Waals surface area contributed by atoms with Crippen LogP contribution in [-0.4, -0.2) is 44.2 Å². The van der Waals surface area contributed by atoms with Gasteiger partial charge in [-0.1, -0.05) is 0 Å². The first-order valence-corrected chi connectivity index (χ1v) is 5.66. The topological polar surface area (TPSA) is 24.5 Å². The van der Waals surface area contributed by atoms with E-state index in [2.05, 4.69) is 10.2 Å². The molecule has 1 aliphatic heterocycles. The second-order valence-electron chi connectivity index (χ2n) is 3.89. The quantitative estimate of drug-likeness (QED) is 0.829. The number of benzene rings is 1. The first-order chi connectivity index (χ1) is 7.84. The standard InChI is InChI=1S/C12H17FN2O/c13-11-1-3-12(4-2-11)16-10-9-15-7-5-14-6-8-15/h1-4,14H,5-10H2. The number of piperazine rings is 1. The molecule has 0 atom stereocenters. The van der Waals surface area contributed by atoms with Gasteiger partial charge in [0.25, 0.3) is 0 Å². The lowest BCUT2D eigenvalue weighted by Crippen LogP contribution is -2.44. The number of nitrogens with zero attached hydrogens (tertiary/aromatic N) is 1. The first kappa shape index (κ1) is 11.4. The van der Waals surface area contributed by atoms with Gasteiger partial charge in [-0.3, -0.25) is 4.90 Å². The molecule has 4 heteroatoms. The summed E-state index contributed by atoms with van der Waals surface area (Å²) in [6.45, 7) is 5.84. The first-order valence-electron chi connectivity index (χ1n) is 5.66. The van der Waals surface area contributed by atoms with Crippen molar-refractivity contribution in [2.75, 3.05) is 39.3 Å². The second kappa shape index (κ2) is 5.82. The van der Waals surface area contributed by atoms with E-state index >= 15 is 0 Å². The number of halogens is 1. The summed E-state index contributed by atoms with van der Waals surface area (Å²) in [5, 5.41) is 3.30. The fourth-order valence-corrected chi connectivity index (χ4v) is 1.76. The maximum atomic E-state index is 12.6. The monoisotopic (exact) mass is 224 g/mol. The molecule has 1 N–H and O–H groups in total. The molecule has 0 amide bonds. The highest BCUT2D eigenvalue weighted by molar-refractivity contribution is 5.21. The summed E-state index contributed by atoms with van der Waals surface area (Å²) in [6.07, 6.45) is 0. The Morgan fingerprint density at radius 2 is 1.88 bits per heavy atom. The molecular weight excluding hydrogens is 207 g/mol. The van der Waals surface area contributed by atoms with Gasteiger partial charge in [0.1, 0.15) is 18.2 Å². The normalized spacial score (nSPS) is 17.3. The van der Waals surface area contributed by atoms with Crippen molar-refractivity contribution in [3.05, 3.63) is 30.1 Å². The van der Waals surface area contributed by atoms with Gasteiger partial charge in [-0.2, -0.15) is 0 Å². The van der Waals surface area contributed by atoms with E-state index in [1.165, 1.54) is 12.1 Å². The Morgan fingerprint density at radius 1 is 1.19 bits per heavy atom. The number of hydrogen-bond donors (Lipinski definition) is 1. The van der Waals surface area contributed by atoms with Crippen molar-refractivity contribution in [3.63, 3.8) is 0 Å². The van der Waals surface area contributed by atoms with Gasteiger partial charge in [0.15, 0.2) is 0 Å². The molecule has 16 heavy (non-hydrogen) atoms. The Kier molecular flexibility index (Phi) is 4.13. The molecule has 3 nitrogen and oxygen atoms in total. The molecule has 0 radical (unpaired) electrons. The predicted octanol–water partition coefficient (Wildman–Crippen LogP) is 1.11. The molecule has 0 unspecified atom stereocenters. The van der Waals surface area contributed by atoms with E-state index in [4.69, 9.17) is 4.74 Å². The van der Waals surface area contributed by atoms with Crippen LogP contribution in [0.1, 0.15) is 0 Å². The highest BCUT2D eigenvalue weighted by Crippen LogP contribution is 2.10. The highest BCUT2D eigenvalue weighted by atomic mass is 19.1. The summed E-state index contributed by atoms with van der Waals surface area (Å²) in [5.74, 6) is 0.506. The van der Waals surface area contributed by atoms with Crippen molar-refractivity contribution in [2.45, 2.75) is 0 Å². The van der Waals surface area contributed by atoms with Gasteiger partial charge in [0.05, 0.1) is 0 Å². The Hall–Kier alpha value is -1.13. The van der Waals surface area contributed by atoms with Crippen molar-refractivity contribution in [2.24, 2.45) is 0 Å². The van der Waals surface area contributed by atoms with Crippen molar-refractivity contribution >= 4 is 0 Å². The minimum absolute atomic E-state index is 0.227. The third-order valence-electron chi connectivity index (χ3n) is 2.70. The molecule has 88 valence electrons. The van der Waals surface area contributed by atoms with E-state index in [9.17, 15) is 4.39 Å². The molecule has 1 aliphatic rings. The molecule has 1 fully saturated rings. The SMILES string of the molecule is Fc1ccc(OCCN2CCNCC2)cc1. The zero-order valence-electron chi connectivity index (χ0n) is 9.29. The van der Waals surface area contributed by atoms with E-state index in [0.717, 1.165) is 38.5 Å². The minimum Gasteiger partial charge on any atom is -0.492 e. The van der Waals surface area contributed by atoms with E-state index in [0.29, 0.717) is 6.61 Å². The Bertz CT molecular complexity index is 309. The molecule has 0 spiro atoms. The number of nitrogens with one attached hydrogen (secondary N) is 1. The van der Waals surface area contributed by atoms with E-state index in [-0.39, 0.29) is 5.82 Å². The van der Waals surface area contributed by atoms with E-state index in [1.54, 1.807) is 12.1 Å². The largest absolute Gasteiger partial charge is 0.492 e. The van der Waals surface area contributed by atoms with Crippen LogP contribution in [0.4, 0.5) is 4.39 Å². The zero-order valence-corrected chi connectivity index (χ0v) is 9.29. The van der Waals surface area contributed by atoms with Crippen LogP contribution >= 0.6 is 0 Å². The van der Waals surface area contributed by atoms with Crippen LogP contribution < -0.4 is 10.1 Å². The lowest BCUT2D eigenvalue weighted by Gasteiger charge is -2.26. The van der Waals surface area contributed by atoms with Gasteiger partial charge in [0, 0.05) is 32.7 Å². The van der Waals surface area contributed by atoms with Crippen LogP contribution in [0.5, 0.6) is 5.75 Å². The lowest BCUT2D eigenvalue weighted by molar-refractivity contribution is 0.191. The number of ether oxygens (including phenoxy) is 1. The Balaban J connectivity index is 1.69.